The number of amides is 2. The van der Waals surface area contributed by atoms with Crippen LogP contribution in [0.3, 0.4) is 0 Å². The summed E-state index contributed by atoms with van der Waals surface area (Å²) in [7, 11) is 0. The molecule has 0 spiro atoms. The van der Waals surface area contributed by atoms with E-state index in [-0.39, 0.29) is 18.7 Å². The molecule has 0 saturated heterocycles. The molecular formula is C19H19N3O3S. The standard InChI is InChI=1S/C19H19N3O3S/c1-12(18-22-14-4-2-3-5-17(14)26-18)9-20-19(23)21-10-13-6-7-15-16(8-13)25-11-24-15/h2-8,12H,9-11H2,1H3,(H2,20,21,23). The Balaban J connectivity index is 1.28. The average molecular weight is 369 g/mol. The summed E-state index contributed by atoms with van der Waals surface area (Å²) in [6.07, 6.45) is 0. The highest BCUT2D eigenvalue weighted by Gasteiger charge is 2.14. The molecule has 0 fully saturated rings. The van der Waals surface area contributed by atoms with Crippen LogP contribution in [0.15, 0.2) is 42.5 Å². The number of thiazole rings is 1. The van der Waals surface area contributed by atoms with E-state index in [9.17, 15) is 4.79 Å². The third-order valence-electron chi connectivity index (χ3n) is 4.19. The van der Waals surface area contributed by atoms with Gasteiger partial charge >= 0.3 is 6.03 Å². The zero-order valence-corrected chi connectivity index (χ0v) is 15.1. The van der Waals surface area contributed by atoms with Crippen LogP contribution in [0.4, 0.5) is 4.79 Å². The molecule has 1 unspecified atom stereocenters. The van der Waals surface area contributed by atoms with E-state index in [1.807, 2.05) is 36.4 Å². The lowest BCUT2D eigenvalue weighted by atomic mass is 10.2. The number of carbonyl (C=O) groups is 1. The first-order valence-corrected chi connectivity index (χ1v) is 9.26. The first kappa shape index (κ1) is 16.7. The zero-order valence-electron chi connectivity index (χ0n) is 14.3. The third-order valence-corrected chi connectivity index (χ3v) is 5.46. The van der Waals surface area contributed by atoms with Crippen molar-refractivity contribution in [3.8, 4) is 11.5 Å². The number of fused-ring (bicyclic) bond motifs is 2. The van der Waals surface area contributed by atoms with Gasteiger partial charge in [-0.15, -0.1) is 11.3 Å². The van der Waals surface area contributed by atoms with Crippen molar-refractivity contribution in [2.75, 3.05) is 13.3 Å². The molecule has 0 radical (unpaired) electrons. The number of nitrogens with zero attached hydrogens (tertiary/aromatic N) is 1. The highest BCUT2D eigenvalue weighted by molar-refractivity contribution is 7.18. The Morgan fingerprint density at radius 3 is 2.92 bits per heavy atom. The van der Waals surface area contributed by atoms with E-state index in [0.29, 0.717) is 18.8 Å². The van der Waals surface area contributed by atoms with Crippen LogP contribution in [0.5, 0.6) is 11.5 Å². The Morgan fingerprint density at radius 1 is 1.19 bits per heavy atom. The van der Waals surface area contributed by atoms with Crippen LogP contribution in [0.1, 0.15) is 23.4 Å². The van der Waals surface area contributed by atoms with E-state index in [4.69, 9.17) is 9.47 Å². The number of urea groups is 1. The second kappa shape index (κ2) is 7.21. The molecule has 4 rings (SSSR count). The molecule has 0 bridgehead atoms. The molecule has 3 aromatic rings. The van der Waals surface area contributed by atoms with Gasteiger partial charge in [-0.3, -0.25) is 0 Å². The van der Waals surface area contributed by atoms with Gasteiger partial charge in [0.2, 0.25) is 6.79 Å². The van der Waals surface area contributed by atoms with Crippen LogP contribution in [0.25, 0.3) is 10.2 Å². The molecule has 2 amide bonds. The predicted molar refractivity (Wildman–Crippen MR) is 101 cm³/mol. The second-order valence-corrected chi connectivity index (χ2v) is 7.23. The van der Waals surface area contributed by atoms with Crippen molar-refractivity contribution >= 4 is 27.6 Å². The molecule has 2 heterocycles. The average Bonchev–Trinajstić information content (AvgIpc) is 3.30. The van der Waals surface area contributed by atoms with Crippen molar-refractivity contribution < 1.29 is 14.3 Å². The Kier molecular flexibility index (Phi) is 4.62. The first-order chi connectivity index (χ1) is 12.7. The highest BCUT2D eigenvalue weighted by atomic mass is 32.1. The molecule has 1 atom stereocenters. The van der Waals surface area contributed by atoms with E-state index in [1.165, 1.54) is 4.70 Å². The molecule has 7 heteroatoms. The fourth-order valence-corrected chi connectivity index (χ4v) is 3.75. The predicted octanol–water partition coefficient (Wildman–Crippen LogP) is 3.63. The molecule has 1 aromatic heterocycles. The lowest BCUT2D eigenvalue weighted by Gasteiger charge is -2.11. The molecule has 26 heavy (non-hydrogen) atoms. The van der Waals surface area contributed by atoms with E-state index in [0.717, 1.165) is 21.8 Å². The van der Waals surface area contributed by atoms with Gasteiger partial charge in [-0.2, -0.15) is 0 Å². The van der Waals surface area contributed by atoms with E-state index in [2.05, 4.69) is 28.6 Å². The molecule has 2 N–H and O–H groups in total. The maximum absolute atomic E-state index is 12.1. The molecule has 2 aromatic carbocycles. The summed E-state index contributed by atoms with van der Waals surface area (Å²) in [5, 5.41) is 6.80. The van der Waals surface area contributed by atoms with Crippen molar-refractivity contribution in [2.24, 2.45) is 0 Å². The van der Waals surface area contributed by atoms with Gasteiger partial charge in [0.05, 0.1) is 15.2 Å². The normalized spacial score (nSPS) is 13.6. The number of hydrogen-bond donors (Lipinski definition) is 2. The minimum atomic E-state index is -0.198. The van der Waals surface area contributed by atoms with Gasteiger partial charge in [-0.05, 0) is 29.8 Å². The lowest BCUT2D eigenvalue weighted by molar-refractivity contribution is 0.174. The molecule has 0 saturated carbocycles. The van der Waals surface area contributed by atoms with Crippen LogP contribution in [-0.4, -0.2) is 24.4 Å². The molecule has 1 aliphatic heterocycles. The number of ether oxygens (including phenoxy) is 2. The minimum Gasteiger partial charge on any atom is -0.454 e. The van der Waals surface area contributed by atoms with Crippen molar-refractivity contribution in [3.63, 3.8) is 0 Å². The first-order valence-electron chi connectivity index (χ1n) is 8.45. The van der Waals surface area contributed by atoms with E-state index in [1.54, 1.807) is 11.3 Å². The summed E-state index contributed by atoms with van der Waals surface area (Å²) in [5.41, 5.74) is 1.97. The smallest absolute Gasteiger partial charge is 0.315 e. The quantitative estimate of drug-likeness (QED) is 0.720. The maximum Gasteiger partial charge on any atom is 0.315 e. The number of para-hydroxylation sites is 1. The summed E-state index contributed by atoms with van der Waals surface area (Å²) in [6.45, 7) is 3.27. The Bertz CT molecular complexity index is 908. The number of aromatic nitrogens is 1. The molecular weight excluding hydrogens is 350 g/mol. The number of carbonyl (C=O) groups excluding carboxylic acids is 1. The fraction of sp³-hybridized carbons (Fsp3) is 0.263. The Labute approximate surface area is 155 Å². The number of nitrogens with one attached hydrogen (secondary N) is 2. The van der Waals surface area contributed by atoms with Crippen molar-refractivity contribution in [1.82, 2.24) is 15.6 Å². The highest BCUT2D eigenvalue weighted by Crippen LogP contribution is 2.32. The minimum absolute atomic E-state index is 0.156. The largest absolute Gasteiger partial charge is 0.454 e. The number of benzene rings is 2. The maximum atomic E-state index is 12.1. The zero-order chi connectivity index (χ0) is 17.9. The number of hydrogen-bond acceptors (Lipinski definition) is 5. The van der Waals surface area contributed by atoms with Gasteiger partial charge < -0.3 is 20.1 Å². The topological polar surface area (TPSA) is 72.5 Å². The summed E-state index contributed by atoms with van der Waals surface area (Å²) in [5.74, 6) is 1.61. The summed E-state index contributed by atoms with van der Waals surface area (Å²) < 4.78 is 11.8. The van der Waals surface area contributed by atoms with Crippen LogP contribution < -0.4 is 20.1 Å². The van der Waals surface area contributed by atoms with Crippen LogP contribution in [-0.2, 0) is 6.54 Å². The number of rotatable bonds is 5. The van der Waals surface area contributed by atoms with Gasteiger partial charge in [0.15, 0.2) is 11.5 Å². The van der Waals surface area contributed by atoms with Crippen molar-refractivity contribution in [1.29, 1.82) is 0 Å². The Hall–Kier alpha value is -2.80. The molecule has 0 aliphatic carbocycles. The van der Waals surface area contributed by atoms with Crippen molar-refractivity contribution in [2.45, 2.75) is 19.4 Å². The van der Waals surface area contributed by atoms with Crippen LogP contribution in [0, 0.1) is 0 Å². The van der Waals surface area contributed by atoms with Crippen molar-refractivity contribution in [3.05, 3.63) is 53.0 Å². The summed E-state index contributed by atoms with van der Waals surface area (Å²) in [4.78, 5) is 16.7. The van der Waals surface area contributed by atoms with E-state index < -0.39 is 0 Å². The molecule has 134 valence electrons. The Morgan fingerprint density at radius 2 is 2.04 bits per heavy atom. The van der Waals surface area contributed by atoms with Gasteiger partial charge in [-0.25, -0.2) is 9.78 Å². The SMILES string of the molecule is CC(CNC(=O)NCc1ccc2c(c1)OCO2)c1nc2ccccc2s1. The molecule has 6 nitrogen and oxygen atoms in total. The van der Waals surface area contributed by atoms with Gasteiger partial charge in [-0.1, -0.05) is 25.1 Å². The summed E-state index contributed by atoms with van der Waals surface area (Å²) >= 11 is 1.67. The third kappa shape index (κ3) is 3.57. The second-order valence-electron chi connectivity index (χ2n) is 6.17. The fourth-order valence-electron chi connectivity index (χ4n) is 2.73. The van der Waals surface area contributed by atoms with Gasteiger partial charge in [0.1, 0.15) is 0 Å². The van der Waals surface area contributed by atoms with Gasteiger partial charge in [0.25, 0.3) is 0 Å². The van der Waals surface area contributed by atoms with Crippen LogP contribution >= 0.6 is 11.3 Å². The van der Waals surface area contributed by atoms with Crippen LogP contribution in [0.2, 0.25) is 0 Å². The van der Waals surface area contributed by atoms with E-state index >= 15 is 0 Å². The summed E-state index contributed by atoms with van der Waals surface area (Å²) in [6, 6.07) is 13.5. The molecule has 1 aliphatic rings. The van der Waals surface area contributed by atoms with Gasteiger partial charge in [0, 0.05) is 19.0 Å². The monoisotopic (exact) mass is 369 g/mol. The lowest BCUT2D eigenvalue weighted by Crippen LogP contribution is -2.37.